The Morgan fingerprint density at radius 1 is 1.02 bits per heavy atom. The van der Waals surface area contributed by atoms with E-state index in [4.69, 9.17) is 17.3 Å². The summed E-state index contributed by atoms with van der Waals surface area (Å²) in [5, 5.41) is 1.54. The number of benzene rings is 3. The molecule has 10 heteroatoms. The quantitative estimate of drug-likeness (QED) is 0.225. The van der Waals surface area contributed by atoms with Gasteiger partial charge >= 0.3 is 6.36 Å². The second-order valence-electron chi connectivity index (χ2n) is 9.74. The highest BCUT2D eigenvalue weighted by Gasteiger charge is 2.31. The molecule has 0 spiro atoms. The van der Waals surface area contributed by atoms with Crippen molar-refractivity contribution in [2.24, 2.45) is 5.73 Å². The number of aromatic nitrogens is 1. The van der Waals surface area contributed by atoms with Crippen molar-refractivity contribution >= 4 is 28.4 Å². The minimum Gasteiger partial charge on any atom is -0.406 e. The molecular weight excluding hydrogens is 541 g/mol. The molecule has 1 aromatic heterocycles. The Hall–Kier alpha value is -3.53. The van der Waals surface area contributed by atoms with Crippen molar-refractivity contribution < 1.29 is 22.7 Å². The van der Waals surface area contributed by atoms with E-state index in [0.717, 1.165) is 28.5 Å². The number of nitrogens with zero attached hydrogens (tertiary/aromatic N) is 3. The molecule has 0 saturated heterocycles. The Balaban J connectivity index is 1.54. The Bertz CT molecular complexity index is 1450. The molecule has 0 fully saturated rings. The minimum absolute atomic E-state index is 0.123. The number of carbonyl (C=O) groups excluding carboxylic acids is 1. The maximum absolute atomic E-state index is 13.4. The first-order valence-electron chi connectivity index (χ1n) is 12.9. The second-order valence-corrected chi connectivity index (χ2v) is 10.1. The normalized spacial score (nSPS) is 11.8. The molecule has 1 amide bonds. The van der Waals surface area contributed by atoms with E-state index in [1.165, 1.54) is 12.1 Å². The number of hydrogen-bond acceptors (Lipinski definition) is 4. The molecule has 40 heavy (non-hydrogen) atoms. The van der Waals surface area contributed by atoms with Crippen molar-refractivity contribution in [2.45, 2.75) is 25.9 Å². The minimum atomic E-state index is -4.76. The van der Waals surface area contributed by atoms with Gasteiger partial charge in [0.1, 0.15) is 5.75 Å². The zero-order valence-corrected chi connectivity index (χ0v) is 23.2. The van der Waals surface area contributed by atoms with Gasteiger partial charge in [0.2, 0.25) is 0 Å². The summed E-state index contributed by atoms with van der Waals surface area (Å²) in [5.74, 6) is -0.414. The van der Waals surface area contributed by atoms with Crippen LogP contribution >= 0.6 is 11.6 Å². The maximum Gasteiger partial charge on any atom is 0.573 e. The summed E-state index contributed by atoms with van der Waals surface area (Å²) >= 11 is 6.28. The van der Waals surface area contributed by atoms with Gasteiger partial charge in [0.05, 0.1) is 0 Å². The number of amides is 1. The standard InChI is InChI=1S/C30H32ClF3N4O2/c1-36(19-23-6-3-4-7-27(23)31)16-17-37(2)29(39)22-10-13-28-25(18-22)26(20-38(28)15-5-14-35)21-8-11-24(12-9-21)40-30(32,33)34/h3-4,6-13,18,20H,5,14-17,19,35H2,1-2H3. The van der Waals surface area contributed by atoms with E-state index in [-0.39, 0.29) is 11.7 Å². The van der Waals surface area contributed by atoms with Gasteiger partial charge in [0.25, 0.3) is 5.91 Å². The molecule has 0 atom stereocenters. The van der Waals surface area contributed by atoms with Gasteiger partial charge in [-0.2, -0.15) is 0 Å². The van der Waals surface area contributed by atoms with Crippen molar-refractivity contribution in [1.82, 2.24) is 14.4 Å². The molecule has 0 aliphatic heterocycles. The number of halogens is 4. The van der Waals surface area contributed by atoms with Gasteiger partial charge in [-0.05, 0) is 67.5 Å². The molecule has 4 rings (SSSR count). The van der Waals surface area contributed by atoms with E-state index in [2.05, 4.69) is 14.2 Å². The first-order valence-corrected chi connectivity index (χ1v) is 13.3. The van der Waals surface area contributed by atoms with Crippen molar-refractivity contribution in [1.29, 1.82) is 0 Å². The Morgan fingerprint density at radius 3 is 2.42 bits per heavy atom. The number of fused-ring (bicyclic) bond motifs is 1. The van der Waals surface area contributed by atoms with Gasteiger partial charge in [0, 0.05) is 66.5 Å². The molecular formula is C30H32ClF3N4O2. The summed E-state index contributed by atoms with van der Waals surface area (Å²) in [6.07, 6.45) is -2.06. The van der Waals surface area contributed by atoms with Gasteiger partial charge in [-0.15, -0.1) is 13.2 Å². The third-order valence-electron chi connectivity index (χ3n) is 6.69. The Kier molecular flexibility index (Phi) is 9.40. The molecule has 3 aromatic carbocycles. The number of alkyl halides is 3. The summed E-state index contributed by atoms with van der Waals surface area (Å²) in [4.78, 5) is 17.1. The average Bonchev–Trinajstić information content (AvgIpc) is 3.28. The zero-order valence-electron chi connectivity index (χ0n) is 22.4. The molecule has 4 aromatic rings. The fourth-order valence-corrected chi connectivity index (χ4v) is 4.78. The molecule has 0 unspecified atom stereocenters. The highest BCUT2D eigenvalue weighted by Crippen LogP contribution is 2.34. The number of ether oxygens (including phenoxy) is 1. The van der Waals surface area contributed by atoms with Crippen LogP contribution < -0.4 is 10.5 Å². The smallest absolute Gasteiger partial charge is 0.406 e. The van der Waals surface area contributed by atoms with Gasteiger partial charge < -0.3 is 24.8 Å². The summed E-state index contributed by atoms with van der Waals surface area (Å²) in [6.45, 7) is 3.03. The SMILES string of the molecule is CN(CCN(C)C(=O)c1ccc2c(c1)c(-c1ccc(OC(F)(F)F)cc1)cn2CCCN)Cc1ccccc1Cl. The highest BCUT2D eigenvalue weighted by molar-refractivity contribution is 6.31. The number of hydrogen-bond donors (Lipinski definition) is 1. The van der Waals surface area contributed by atoms with Crippen molar-refractivity contribution in [3.63, 3.8) is 0 Å². The van der Waals surface area contributed by atoms with Gasteiger partial charge in [0.15, 0.2) is 0 Å². The van der Waals surface area contributed by atoms with Crippen LogP contribution in [0.2, 0.25) is 5.02 Å². The molecule has 0 aliphatic rings. The number of likely N-dealkylation sites (N-methyl/N-ethyl adjacent to an activating group) is 2. The van der Waals surface area contributed by atoms with Crippen LogP contribution in [0.25, 0.3) is 22.0 Å². The van der Waals surface area contributed by atoms with E-state index >= 15 is 0 Å². The van der Waals surface area contributed by atoms with Crippen LogP contribution in [-0.2, 0) is 13.1 Å². The number of aryl methyl sites for hydroxylation is 1. The third kappa shape index (κ3) is 7.35. The summed E-state index contributed by atoms with van der Waals surface area (Å²) in [5.41, 5.74) is 9.71. The predicted molar refractivity (Wildman–Crippen MR) is 152 cm³/mol. The van der Waals surface area contributed by atoms with E-state index < -0.39 is 6.36 Å². The summed E-state index contributed by atoms with van der Waals surface area (Å²) < 4.78 is 43.9. The van der Waals surface area contributed by atoms with Gasteiger partial charge in [-0.3, -0.25) is 4.79 Å². The molecule has 212 valence electrons. The molecule has 2 N–H and O–H groups in total. The fourth-order valence-electron chi connectivity index (χ4n) is 4.58. The molecule has 0 saturated carbocycles. The van der Waals surface area contributed by atoms with E-state index in [1.54, 1.807) is 30.1 Å². The van der Waals surface area contributed by atoms with E-state index in [1.807, 2.05) is 49.6 Å². The first-order chi connectivity index (χ1) is 19.1. The summed E-state index contributed by atoms with van der Waals surface area (Å²) in [7, 11) is 3.75. The topological polar surface area (TPSA) is 63.7 Å². The Labute approximate surface area is 236 Å². The molecule has 1 heterocycles. The second kappa shape index (κ2) is 12.8. The lowest BCUT2D eigenvalue weighted by Gasteiger charge is -2.23. The number of carbonyl (C=O) groups is 1. The zero-order chi connectivity index (χ0) is 28.9. The van der Waals surface area contributed by atoms with Crippen LogP contribution in [-0.4, -0.2) is 60.4 Å². The maximum atomic E-state index is 13.4. The van der Waals surface area contributed by atoms with Crippen LogP contribution in [0.1, 0.15) is 22.3 Å². The molecule has 0 radical (unpaired) electrons. The van der Waals surface area contributed by atoms with Gasteiger partial charge in [-0.25, -0.2) is 0 Å². The lowest BCUT2D eigenvalue weighted by Crippen LogP contribution is -2.34. The van der Waals surface area contributed by atoms with Crippen LogP contribution in [0.15, 0.2) is 72.9 Å². The van der Waals surface area contributed by atoms with Crippen LogP contribution in [0.5, 0.6) is 5.75 Å². The van der Waals surface area contributed by atoms with Crippen LogP contribution in [0.3, 0.4) is 0 Å². The lowest BCUT2D eigenvalue weighted by molar-refractivity contribution is -0.274. The number of rotatable bonds is 11. The molecule has 0 aliphatic carbocycles. The fraction of sp³-hybridized carbons (Fsp3) is 0.300. The molecule has 0 bridgehead atoms. The Morgan fingerprint density at radius 2 is 1.75 bits per heavy atom. The van der Waals surface area contributed by atoms with Crippen molar-refractivity contribution in [3.8, 4) is 16.9 Å². The monoisotopic (exact) mass is 572 g/mol. The van der Waals surface area contributed by atoms with Crippen molar-refractivity contribution in [3.05, 3.63) is 89.1 Å². The van der Waals surface area contributed by atoms with Crippen LogP contribution in [0.4, 0.5) is 13.2 Å². The number of nitrogens with two attached hydrogens (primary N) is 1. The van der Waals surface area contributed by atoms with E-state index in [9.17, 15) is 18.0 Å². The lowest BCUT2D eigenvalue weighted by atomic mass is 10.0. The van der Waals surface area contributed by atoms with Crippen LogP contribution in [0, 0.1) is 0 Å². The third-order valence-corrected chi connectivity index (χ3v) is 7.06. The van der Waals surface area contributed by atoms with E-state index in [0.29, 0.717) is 48.9 Å². The van der Waals surface area contributed by atoms with Crippen molar-refractivity contribution in [2.75, 3.05) is 33.7 Å². The predicted octanol–water partition coefficient (Wildman–Crippen LogP) is 6.41. The first kappa shape index (κ1) is 29.5. The largest absolute Gasteiger partial charge is 0.573 e. The van der Waals surface area contributed by atoms with Gasteiger partial charge in [-0.1, -0.05) is 41.9 Å². The highest BCUT2D eigenvalue weighted by atomic mass is 35.5. The molecule has 6 nitrogen and oxygen atoms in total. The average molecular weight is 573 g/mol. The summed E-state index contributed by atoms with van der Waals surface area (Å²) in [6, 6.07) is 19.0.